The maximum Gasteiger partial charge on any atom is 0.272 e. The Balaban J connectivity index is 1.65. The summed E-state index contributed by atoms with van der Waals surface area (Å²) in [6, 6.07) is 4.56. The van der Waals surface area contributed by atoms with E-state index in [1.807, 2.05) is 0 Å². The molecule has 0 atom stereocenters. The second-order valence-corrected chi connectivity index (χ2v) is 7.99. The highest BCUT2D eigenvalue weighted by atomic mass is 35.5. The summed E-state index contributed by atoms with van der Waals surface area (Å²) in [5, 5.41) is 10.4. The zero-order chi connectivity index (χ0) is 19.7. The van der Waals surface area contributed by atoms with Crippen molar-refractivity contribution in [1.29, 1.82) is 0 Å². The van der Waals surface area contributed by atoms with Crippen LogP contribution in [0.3, 0.4) is 0 Å². The topological polar surface area (TPSA) is 89.6 Å². The van der Waals surface area contributed by atoms with Gasteiger partial charge in [0, 0.05) is 7.05 Å². The summed E-state index contributed by atoms with van der Waals surface area (Å²) >= 11 is 13.3. The zero-order valence-corrected chi connectivity index (χ0v) is 16.5. The molecule has 5 rings (SSSR count). The molecule has 2 amide bonds. The fourth-order valence-corrected chi connectivity index (χ4v) is 4.50. The molecule has 0 aliphatic carbocycles. The Kier molecular flexibility index (Phi) is 3.64. The lowest BCUT2D eigenvalue weighted by molar-refractivity contribution is 0.0638. The molecule has 140 valence electrons. The van der Waals surface area contributed by atoms with Gasteiger partial charge in [-0.2, -0.15) is 0 Å². The van der Waals surface area contributed by atoms with Crippen LogP contribution in [0.2, 0.25) is 10.0 Å². The van der Waals surface area contributed by atoms with Gasteiger partial charge in [0.2, 0.25) is 5.78 Å². The maximum absolute atomic E-state index is 12.8. The summed E-state index contributed by atoms with van der Waals surface area (Å²) in [7, 11) is 1.60. The zero-order valence-electron chi connectivity index (χ0n) is 14.1. The lowest BCUT2D eigenvalue weighted by atomic mass is 10.1. The lowest BCUT2D eigenvalue weighted by Gasteiger charge is -2.13. The summed E-state index contributed by atoms with van der Waals surface area (Å²) in [5.74, 6) is -0.280. The van der Waals surface area contributed by atoms with Crippen LogP contribution in [-0.2, 0) is 13.6 Å². The molecule has 0 radical (unpaired) electrons. The summed E-state index contributed by atoms with van der Waals surface area (Å²) in [5.41, 5.74) is 0.842. The number of aromatic nitrogens is 4. The summed E-state index contributed by atoms with van der Waals surface area (Å²) in [6.07, 6.45) is 0. The minimum atomic E-state index is -0.485. The van der Waals surface area contributed by atoms with E-state index in [1.165, 1.54) is 28.0 Å². The Bertz CT molecular complexity index is 1360. The van der Waals surface area contributed by atoms with E-state index in [4.69, 9.17) is 23.2 Å². The van der Waals surface area contributed by atoms with Crippen LogP contribution in [0.15, 0.2) is 28.4 Å². The molecule has 0 saturated heterocycles. The van der Waals surface area contributed by atoms with Gasteiger partial charge in [-0.25, -0.2) is 0 Å². The monoisotopic (exact) mass is 433 g/mol. The van der Waals surface area contributed by atoms with Crippen LogP contribution in [0, 0.1) is 0 Å². The van der Waals surface area contributed by atoms with E-state index >= 15 is 0 Å². The third-order valence-electron chi connectivity index (χ3n) is 4.71. The fraction of sp³-hybridized carbons (Fsp3) is 0.118. The van der Waals surface area contributed by atoms with E-state index in [2.05, 4.69) is 10.2 Å². The largest absolute Gasteiger partial charge is 0.279 e. The number of thiophene rings is 1. The minimum Gasteiger partial charge on any atom is -0.279 e. The number of nitrogens with zero attached hydrogens (tertiary/aromatic N) is 5. The standard InChI is InChI=1S/C17H9Cl2N5O3S/c1-22-16(27)13-11(2-3-28-13)24-12(20-21-17(22)24)6-23-14(25)7-4-9(18)10(19)5-8(7)15(23)26/h2-5H,6H2,1H3. The van der Waals surface area contributed by atoms with E-state index in [-0.39, 0.29) is 33.3 Å². The lowest BCUT2D eigenvalue weighted by Crippen LogP contribution is -2.30. The van der Waals surface area contributed by atoms with Gasteiger partial charge < -0.3 is 0 Å². The van der Waals surface area contributed by atoms with Crippen LogP contribution in [0.25, 0.3) is 16.0 Å². The smallest absolute Gasteiger partial charge is 0.272 e. The highest BCUT2D eigenvalue weighted by Gasteiger charge is 2.37. The minimum absolute atomic E-state index is 0.105. The van der Waals surface area contributed by atoms with Crippen LogP contribution in [-0.4, -0.2) is 35.9 Å². The van der Waals surface area contributed by atoms with Crippen LogP contribution < -0.4 is 5.56 Å². The first-order valence-corrected chi connectivity index (χ1v) is 9.67. The van der Waals surface area contributed by atoms with Gasteiger partial charge in [-0.1, -0.05) is 23.2 Å². The number of carbonyl (C=O) groups excluding carboxylic acids is 2. The summed E-state index contributed by atoms with van der Waals surface area (Å²) < 4.78 is 3.60. The van der Waals surface area contributed by atoms with Crippen molar-refractivity contribution in [2.75, 3.05) is 0 Å². The molecular weight excluding hydrogens is 425 g/mol. The van der Waals surface area contributed by atoms with Gasteiger partial charge in [0.25, 0.3) is 17.4 Å². The molecule has 28 heavy (non-hydrogen) atoms. The van der Waals surface area contributed by atoms with Gasteiger partial charge in [-0.3, -0.25) is 28.3 Å². The van der Waals surface area contributed by atoms with Gasteiger partial charge in [0.05, 0.1) is 33.2 Å². The number of halogens is 2. The van der Waals surface area contributed by atoms with Gasteiger partial charge in [-0.15, -0.1) is 21.5 Å². The highest BCUT2D eigenvalue weighted by molar-refractivity contribution is 7.17. The number of benzene rings is 1. The highest BCUT2D eigenvalue weighted by Crippen LogP contribution is 2.32. The predicted molar refractivity (Wildman–Crippen MR) is 104 cm³/mol. The third-order valence-corrected chi connectivity index (χ3v) is 6.32. The molecule has 4 heterocycles. The number of rotatable bonds is 2. The van der Waals surface area contributed by atoms with Crippen LogP contribution in [0.5, 0.6) is 0 Å². The molecular formula is C17H9Cl2N5O3S. The van der Waals surface area contributed by atoms with Crippen molar-refractivity contribution in [3.05, 3.63) is 60.9 Å². The predicted octanol–water partition coefficient (Wildman–Crippen LogP) is 2.75. The normalized spacial score (nSPS) is 13.9. The van der Waals surface area contributed by atoms with Crippen molar-refractivity contribution in [2.24, 2.45) is 7.05 Å². The summed E-state index contributed by atoms with van der Waals surface area (Å²) in [4.78, 5) is 39.0. The number of imide groups is 1. The molecule has 0 fully saturated rings. The van der Waals surface area contributed by atoms with Crippen LogP contribution in [0.1, 0.15) is 26.5 Å². The average molecular weight is 434 g/mol. The molecule has 4 aromatic rings. The van der Waals surface area contributed by atoms with Crippen molar-refractivity contribution in [1.82, 2.24) is 24.1 Å². The molecule has 0 saturated carbocycles. The average Bonchev–Trinajstić information content (AvgIpc) is 3.35. The van der Waals surface area contributed by atoms with E-state index in [9.17, 15) is 14.4 Å². The van der Waals surface area contributed by atoms with Crippen LogP contribution >= 0.6 is 34.5 Å². The Morgan fingerprint density at radius 1 is 1.04 bits per heavy atom. The van der Waals surface area contributed by atoms with Crippen molar-refractivity contribution in [3.8, 4) is 0 Å². The number of hydrogen-bond donors (Lipinski definition) is 0. The molecule has 0 N–H and O–H groups in total. The summed E-state index contributed by atoms with van der Waals surface area (Å²) in [6.45, 7) is -0.105. The van der Waals surface area contributed by atoms with Gasteiger partial charge in [0.1, 0.15) is 4.70 Å². The first-order chi connectivity index (χ1) is 13.4. The molecule has 1 aromatic carbocycles. The first kappa shape index (κ1) is 17.4. The van der Waals surface area contributed by atoms with E-state index in [0.29, 0.717) is 21.8 Å². The second kappa shape index (κ2) is 5.87. The van der Waals surface area contributed by atoms with Crippen LogP contribution in [0.4, 0.5) is 0 Å². The molecule has 8 nitrogen and oxygen atoms in total. The van der Waals surface area contributed by atoms with Crippen molar-refractivity contribution >= 4 is 62.3 Å². The fourth-order valence-electron chi connectivity index (χ4n) is 3.32. The van der Waals surface area contributed by atoms with E-state index < -0.39 is 11.8 Å². The van der Waals surface area contributed by atoms with Crippen molar-refractivity contribution in [3.63, 3.8) is 0 Å². The number of amides is 2. The SMILES string of the molecule is Cn1c(=O)c2sccc2n2c(CN3C(=O)c4cc(Cl)c(Cl)cc4C3=O)nnc12. The second-order valence-electron chi connectivity index (χ2n) is 6.26. The van der Waals surface area contributed by atoms with Crippen molar-refractivity contribution in [2.45, 2.75) is 6.54 Å². The van der Waals surface area contributed by atoms with Gasteiger partial charge >= 0.3 is 0 Å². The molecule has 3 aromatic heterocycles. The number of fused-ring (bicyclic) bond motifs is 4. The van der Waals surface area contributed by atoms with Crippen molar-refractivity contribution < 1.29 is 9.59 Å². The Morgan fingerprint density at radius 2 is 1.68 bits per heavy atom. The molecule has 0 bridgehead atoms. The third kappa shape index (κ3) is 2.20. The van der Waals surface area contributed by atoms with E-state index in [0.717, 1.165) is 4.90 Å². The maximum atomic E-state index is 12.8. The van der Waals surface area contributed by atoms with Gasteiger partial charge in [-0.05, 0) is 23.6 Å². The number of carbonyl (C=O) groups is 2. The van der Waals surface area contributed by atoms with Gasteiger partial charge in [0.15, 0.2) is 5.82 Å². The molecule has 1 aliphatic heterocycles. The quantitative estimate of drug-likeness (QED) is 0.453. The Labute approximate surface area is 170 Å². The Morgan fingerprint density at radius 3 is 2.32 bits per heavy atom. The molecule has 1 aliphatic rings. The Hall–Kier alpha value is -2.75. The molecule has 0 unspecified atom stereocenters. The van der Waals surface area contributed by atoms with E-state index in [1.54, 1.807) is 22.9 Å². The first-order valence-electron chi connectivity index (χ1n) is 8.04. The number of hydrogen-bond acceptors (Lipinski definition) is 6. The number of aryl methyl sites for hydroxylation is 1. The molecule has 11 heteroatoms. The molecule has 0 spiro atoms.